The van der Waals surface area contributed by atoms with Gasteiger partial charge in [-0.3, -0.25) is 4.79 Å². The minimum atomic E-state index is -0.567. The van der Waals surface area contributed by atoms with Crippen molar-refractivity contribution in [2.45, 2.75) is 50.2 Å². The molecule has 5 rings (SSSR count). The molecule has 2 heterocycles. The molecule has 3 unspecified atom stereocenters. The first-order valence-electron chi connectivity index (χ1n) is 14.9. The number of ether oxygens (including phenoxy) is 3. The van der Waals surface area contributed by atoms with Crippen LogP contribution in [0.15, 0.2) is 90.3 Å². The molecule has 1 aromatic heterocycles. The van der Waals surface area contributed by atoms with E-state index < -0.39 is 18.3 Å². The second-order valence-electron chi connectivity index (χ2n) is 10.6. The molecule has 0 radical (unpaired) electrons. The molecule has 236 valence electrons. The first-order chi connectivity index (χ1) is 21.9. The maximum atomic E-state index is 12.2. The van der Waals surface area contributed by atoms with Crippen molar-refractivity contribution in [2.24, 2.45) is 7.05 Å². The van der Waals surface area contributed by atoms with Crippen molar-refractivity contribution in [3.63, 3.8) is 0 Å². The highest BCUT2D eigenvalue weighted by molar-refractivity contribution is 7.99. The van der Waals surface area contributed by atoms with Crippen LogP contribution in [0.25, 0.3) is 11.1 Å². The highest BCUT2D eigenvalue weighted by atomic mass is 32.2. The van der Waals surface area contributed by atoms with Crippen LogP contribution in [0.1, 0.15) is 48.0 Å². The number of nitrogens with zero attached hydrogens (tertiary/aromatic N) is 2. The van der Waals surface area contributed by atoms with Crippen LogP contribution in [-0.4, -0.2) is 51.7 Å². The van der Waals surface area contributed by atoms with E-state index in [2.05, 4.69) is 15.6 Å². The number of amides is 2. The Hall–Kier alpha value is -4.16. The maximum Gasteiger partial charge on any atom is 0.325 e. The lowest BCUT2D eigenvalue weighted by atomic mass is 9.98. The Labute approximate surface area is 267 Å². The van der Waals surface area contributed by atoms with E-state index in [0.717, 1.165) is 44.3 Å². The molecule has 0 aliphatic carbocycles. The molecule has 1 aliphatic rings. The van der Waals surface area contributed by atoms with Crippen molar-refractivity contribution in [2.75, 3.05) is 18.9 Å². The number of aryl methyl sites for hydroxylation is 1. The number of carbonyl (C=O) groups is 2. The molecule has 11 heteroatoms. The highest BCUT2D eigenvalue weighted by Crippen LogP contribution is 2.40. The summed E-state index contributed by atoms with van der Waals surface area (Å²) in [5, 5.41) is 15.7. The lowest BCUT2D eigenvalue weighted by molar-refractivity contribution is -0.245. The van der Waals surface area contributed by atoms with Gasteiger partial charge in [0.2, 0.25) is 0 Å². The molecule has 0 spiro atoms. The highest BCUT2D eigenvalue weighted by Gasteiger charge is 2.32. The molecule has 2 amide bonds. The van der Waals surface area contributed by atoms with E-state index in [9.17, 15) is 14.7 Å². The molecule has 3 aromatic carbocycles. The van der Waals surface area contributed by atoms with Crippen molar-refractivity contribution in [3.8, 4) is 11.1 Å². The Bertz CT molecular complexity index is 1560. The summed E-state index contributed by atoms with van der Waals surface area (Å²) < 4.78 is 19.8. The topological polar surface area (TPSA) is 124 Å². The number of hydrogen-bond donors (Lipinski definition) is 3. The van der Waals surface area contributed by atoms with Crippen LogP contribution in [0.4, 0.5) is 4.79 Å². The minimum Gasteiger partial charge on any atom is -0.465 e. The molecule has 3 atom stereocenters. The number of esters is 1. The van der Waals surface area contributed by atoms with Gasteiger partial charge in [0.1, 0.15) is 6.54 Å². The molecular formula is C34H38N4O6S. The summed E-state index contributed by atoms with van der Waals surface area (Å²) >= 11 is 1.66. The van der Waals surface area contributed by atoms with E-state index in [0.29, 0.717) is 6.42 Å². The second-order valence-corrected chi connectivity index (χ2v) is 11.6. The van der Waals surface area contributed by atoms with Crippen molar-refractivity contribution in [1.29, 1.82) is 0 Å². The zero-order valence-electron chi connectivity index (χ0n) is 25.3. The Morgan fingerprint density at radius 1 is 1.02 bits per heavy atom. The summed E-state index contributed by atoms with van der Waals surface area (Å²) in [6.07, 6.45) is 3.59. The van der Waals surface area contributed by atoms with Gasteiger partial charge in [0.05, 0.1) is 25.4 Å². The smallest absolute Gasteiger partial charge is 0.325 e. The third kappa shape index (κ3) is 8.73. The number of benzene rings is 3. The van der Waals surface area contributed by atoms with Crippen LogP contribution in [-0.2, 0) is 39.2 Å². The lowest BCUT2D eigenvalue weighted by Crippen LogP contribution is -2.38. The molecule has 4 aromatic rings. The number of aromatic nitrogens is 2. The van der Waals surface area contributed by atoms with E-state index in [4.69, 9.17) is 14.2 Å². The summed E-state index contributed by atoms with van der Waals surface area (Å²) in [5.41, 5.74) is 5.68. The third-order valence-electron chi connectivity index (χ3n) is 7.44. The van der Waals surface area contributed by atoms with Crippen LogP contribution in [0.5, 0.6) is 0 Å². The molecular weight excluding hydrogens is 592 g/mol. The molecule has 3 N–H and O–H groups in total. The van der Waals surface area contributed by atoms with E-state index in [1.165, 1.54) is 0 Å². The van der Waals surface area contributed by atoms with Gasteiger partial charge in [-0.1, -0.05) is 84.6 Å². The number of imidazole rings is 1. The fraction of sp³-hybridized carbons (Fsp3) is 0.324. The Morgan fingerprint density at radius 2 is 1.78 bits per heavy atom. The van der Waals surface area contributed by atoms with Crippen molar-refractivity contribution < 1.29 is 28.9 Å². The van der Waals surface area contributed by atoms with Gasteiger partial charge in [-0.05, 0) is 34.7 Å². The number of urea groups is 1. The maximum absolute atomic E-state index is 12.2. The van der Waals surface area contributed by atoms with Gasteiger partial charge in [-0.2, -0.15) is 0 Å². The lowest BCUT2D eigenvalue weighted by Gasteiger charge is -2.36. The van der Waals surface area contributed by atoms with Gasteiger partial charge in [0.25, 0.3) is 0 Å². The standard InChI is InChI=1S/C34H38N4O6S/c1-3-42-31(40)20-37-33(41)36-19-27-6-4-5-7-29(27)24-12-14-26(15-13-24)32-43-28(22-45-34-35-16-17-38(34)2)18-30(44-32)25-10-8-23(21-39)9-11-25/h4-17,28,30,32,39H,3,18-22H2,1-2H3,(H2,36,37,41). The number of rotatable bonds is 12. The molecule has 45 heavy (non-hydrogen) atoms. The van der Waals surface area contributed by atoms with E-state index in [1.807, 2.05) is 90.6 Å². The summed E-state index contributed by atoms with van der Waals surface area (Å²) in [5.74, 6) is 0.241. The van der Waals surface area contributed by atoms with Gasteiger partial charge >= 0.3 is 12.0 Å². The number of aliphatic hydroxyl groups is 1. The van der Waals surface area contributed by atoms with Crippen LogP contribution < -0.4 is 10.6 Å². The predicted molar refractivity (Wildman–Crippen MR) is 171 cm³/mol. The number of nitrogens with one attached hydrogen (secondary N) is 2. The largest absolute Gasteiger partial charge is 0.465 e. The normalized spacial score (nSPS) is 17.9. The first kappa shape index (κ1) is 32.2. The minimum absolute atomic E-state index is 0.00527. The number of thioether (sulfide) groups is 1. The summed E-state index contributed by atoms with van der Waals surface area (Å²) in [6, 6.07) is 23.3. The van der Waals surface area contributed by atoms with Gasteiger partial charge in [-0.15, -0.1) is 0 Å². The predicted octanol–water partition coefficient (Wildman–Crippen LogP) is 5.28. The van der Waals surface area contributed by atoms with Crippen LogP contribution >= 0.6 is 11.8 Å². The fourth-order valence-electron chi connectivity index (χ4n) is 5.06. The third-order valence-corrected chi connectivity index (χ3v) is 8.63. The van der Waals surface area contributed by atoms with Crippen LogP contribution in [0.3, 0.4) is 0 Å². The molecule has 10 nitrogen and oxygen atoms in total. The van der Waals surface area contributed by atoms with Crippen molar-refractivity contribution in [3.05, 3.63) is 107 Å². The van der Waals surface area contributed by atoms with Crippen LogP contribution in [0.2, 0.25) is 0 Å². The quantitative estimate of drug-likeness (QED) is 0.143. The molecule has 1 aliphatic heterocycles. The first-order valence-corrected chi connectivity index (χ1v) is 15.9. The monoisotopic (exact) mass is 630 g/mol. The summed E-state index contributed by atoms with van der Waals surface area (Å²) in [4.78, 5) is 28.2. The van der Waals surface area contributed by atoms with E-state index in [-0.39, 0.29) is 38.5 Å². The van der Waals surface area contributed by atoms with Crippen molar-refractivity contribution in [1.82, 2.24) is 20.2 Å². The number of hydrogen-bond acceptors (Lipinski definition) is 8. The number of carbonyl (C=O) groups excluding carboxylic acids is 2. The second kappa shape index (κ2) is 15.7. The molecule has 1 fully saturated rings. The Morgan fingerprint density at radius 3 is 2.49 bits per heavy atom. The SMILES string of the molecule is CCOC(=O)CNC(=O)NCc1ccccc1-c1ccc(C2OC(CSc3nccn3C)CC(c3ccc(CO)cc3)O2)cc1. The summed E-state index contributed by atoms with van der Waals surface area (Å²) in [6.45, 7) is 2.07. The summed E-state index contributed by atoms with van der Waals surface area (Å²) in [7, 11) is 1.98. The van der Waals surface area contributed by atoms with Crippen molar-refractivity contribution >= 4 is 23.8 Å². The fourth-order valence-corrected chi connectivity index (χ4v) is 6.01. The zero-order chi connectivity index (χ0) is 31.6. The number of aliphatic hydroxyl groups excluding tert-OH is 1. The molecule has 0 saturated carbocycles. The molecule has 0 bridgehead atoms. The van der Waals surface area contributed by atoms with Gasteiger partial charge in [-0.25, -0.2) is 9.78 Å². The molecule has 1 saturated heterocycles. The van der Waals surface area contributed by atoms with Crippen LogP contribution in [0, 0.1) is 0 Å². The Kier molecular flexibility index (Phi) is 11.3. The van der Waals surface area contributed by atoms with E-state index in [1.54, 1.807) is 24.9 Å². The average molecular weight is 631 g/mol. The average Bonchev–Trinajstić information content (AvgIpc) is 3.50. The van der Waals surface area contributed by atoms with E-state index >= 15 is 0 Å². The van der Waals surface area contributed by atoms with Gasteiger partial charge < -0.3 is 34.5 Å². The Balaban J connectivity index is 1.28. The zero-order valence-corrected chi connectivity index (χ0v) is 26.2. The van der Waals surface area contributed by atoms with Gasteiger partial charge in [0, 0.05) is 43.7 Å². The van der Waals surface area contributed by atoms with Gasteiger partial charge in [0.15, 0.2) is 11.4 Å².